The normalized spacial score (nSPS) is 12.7. The van der Waals surface area contributed by atoms with Crippen LogP contribution in [-0.2, 0) is 11.3 Å². The van der Waals surface area contributed by atoms with Crippen LogP contribution in [0.15, 0.2) is 42.5 Å². The zero-order valence-electron chi connectivity index (χ0n) is 12.1. The highest BCUT2D eigenvalue weighted by Crippen LogP contribution is 2.18. The summed E-state index contributed by atoms with van der Waals surface area (Å²) >= 11 is 0. The second-order valence-corrected chi connectivity index (χ2v) is 5.10. The minimum Gasteiger partial charge on any atom is -0.383 e. The Bertz CT molecular complexity index is 522. The van der Waals surface area contributed by atoms with Gasteiger partial charge >= 0.3 is 0 Å². The molecule has 1 unspecified atom stereocenters. The van der Waals surface area contributed by atoms with Gasteiger partial charge in [-0.05, 0) is 35.7 Å². The van der Waals surface area contributed by atoms with Crippen LogP contribution < -0.4 is 11.1 Å². The van der Waals surface area contributed by atoms with Crippen LogP contribution in [0.3, 0.4) is 0 Å². The molecule has 1 atom stereocenters. The first kappa shape index (κ1) is 15.0. The van der Waals surface area contributed by atoms with Gasteiger partial charge in [0.25, 0.3) is 0 Å². The lowest BCUT2D eigenvalue weighted by Gasteiger charge is -2.18. The highest BCUT2D eigenvalue weighted by Gasteiger charge is 2.08. The van der Waals surface area contributed by atoms with Crippen molar-refractivity contribution >= 4 is 10.8 Å². The highest BCUT2D eigenvalue weighted by molar-refractivity contribution is 5.85. The lowest BCUT2D eigenvalue weighted by Crippen LogP contribution is -2.33. The molecule has 20 heavy (non-hydrogen) atoms. The molecule has 0 aliphatic carbocycles. The van der Waals surface area contributed by atoms with E-state index >= 15 is 0 Å². The van der Waals surface area contributed by atoms with Gasteiger partial charge in [0, 0.05) is 19.7 Å². The molecule has 2 aromatic rings. The second kappa shape index (κ2) is 8.00. The zero-order chi connectivity index (χ0) is 14.2. The zero-order valence-corrected chi connectivity index (χ0v) is 12.1. The molecular formula is C17H24N2O. The molecule has 0 fully saturated rings. The minimum atomic E-state index is 0.363. The Kier molecular flexibility index (Phi) is 5.99. The number of hydrogen-bond acceptors (Lipinski definition) is 3. The van der Waals surface area contributed by atoms with Crippen LogP contribution in [0.25, 0.3) is 10.8 Å². The van der Waals surface area contributed by atoms with Crippen molar-refractivity contribution in [3.8, 4) is 0 Å². The van der Waals surface area contributed by atoms with Crippen LogP contribution in [0.1, 0.15) is 18.4 Å². The average molecular weight is 272 g/mol. The summed E-state index contributed by atoms with van der Waals surface area (Å²) in [7, 11) is 1.75. The van der Waals surface area contributed by atoms with Gasteiger partial charge in [-0.15, -0.1) is 0 Å². The Balaban J connectivity index is 2.03. The van der Waals surface area contributed by atoms with Crippen LogP contribution in [0.2, 0.25) is 0 Å². The monoisotopic (exact) mass is 272 g/mol. The first-order valence-corrected chi connectivity index (χ1v) is 7.24. The molecule has 0 bridgehead atoms. The van der Waals surface area contributed by atoms with Gasteiger partial charge in [0.2, 0.25) is 0 Å². The number of benzene rings is 2. The fourth-order valence-electron chi connectivity index (χ4n) is 2.51. The van der Waals surface area contributed by atoms with Crippen molar-refractivity contribution in [2.24, 2.45) is 5.73 Å². The van der Waals surface area contributed by atoms with Crippen LogP contribution in [0.5, 0.6) is 0 Å². The average Bonchev–Trinajstić information content (AvgIpc) is 2.50. The standard InChI is InChI=1S/C17H24N2O/c1-20-13-16(9-5-11-18)19-12-15-8-4-7-14-6-2-3-10-17(14)15/h2-4,6-8,10,16,19H,5,9,11-13,18H2,1H3. The molecule has 2 rings (SSSR count). The number of methoxy groups -OCH3 is 1. The van der Waals surface area contributed by atoms with Gasteiger partial charge in [-0.2, -0.15) is 0 Å². The van der Waals surface area contributed by atoms with E-state index in [1.165, 1.54) is 16.3 Å². The maximum Gasteiger partial charge on any atom is 0.0615 e. The first-order valence-electron chi connectivity index (χ1n) is 7.24. The summed E-state index contributed by atoms with van der Waals surface area (Å²) in [4.78, 5) is 0. The third-order valence-electron chi connectivity index (χ3n) is 3.59. The van der Waals surface area contributed by atoms with Crippen LogP contribution in [0, 0.1) is 0 Å². The van der Waals surface area contributed by atoms with Crippen molar-refractivity contribution in [2.45, 2.75) is 25.4 Å². The maximum absolute atomic E-state index is 5.59. The summed E-state index contributed by atoms with van der Waals surface area (Å²) in [5.74, 6) is 0. The van der Waals surface area contributed by atoms with E-state index in [2.05, 4.69) is 47.8 Å². The summed E-state index contributed by atoms with van der Waals surface area (Å²) < 4.78 is 5.27. The molecule has 0 spiro atoms. The second-order valence-electron chi connectivity index (χ2n) is 5.10. The van der Waals surface area contributed by atoms with Crippen molar-refractivity contribution in [2.75, 3.05) is 20.3 Å². The lowest BCUT2D eigenvalue weighted by molar-refractivity contribution is 0.161. The van der Waals surface area contributed by atoms with Crippen molar-refractivity contribution in [3.63, 3.8) is 0 Å². The number of ether oxygens (including phenoxy) is 1. The van der Waals surface area contributed by atoms with Gasteiger partial charge < -0.3 is 15.8 Å². The van der Waals surface area contributed by atoms with Gasteiger partial charge in [0.1, 0.15) is 0 Å². The fourth-order valence-corrected chi connectivity index (χ4v) is 2.51. The molecule has 3 nitrogen and oxygen atoms in total. The highest BCUT2D eigenvalue weighted by atomic mass is 16.5. The van der Waals surface area contributed by atoms with Gasteiger partial charge in [0.05, 0.1) is 6.61 Å². The first-order chi connectivity index (χ1) is 9.85. The van der Waals surface area contributed by atoms with E-state index in [-0.39, 0.29) is 0 Å². The number of nitrogens with one attached hydrogen (secondary N) is 1. The summed E-state index contributed by atoms with van der Waals surface area (Å²) in [5, 5.41) is 6.19. The SMILES string of the molecule is COCC(CCCN)NCc1cccc2ccccc12. The molecular weight excluding hydrogens is 248 g/mol. The van der Waals surface area contributed by atoms with Crippen LogP contribution in [-0.4, -0.2) is 26.3 Å². The molecule has 0 radical (unpaired) electrons. The Morgan fingerprint density at radius 3 is 2.75 bits per heavy atom. The number of nitrogens with two attached hydrogens (primary N) is 1. The van der Waals surface area contributed by atoms with Crippen molar-refractivity contribution in [3.05, 3.63) is 48.0 Å². The minimum absolute atomic E-state index is 0.363. The van der Waals surface area contributed by atoms with Gasteiger partial charge in [-0.3, -0.25) is 0 Å². The molecule has 0 aliphatic rings. The predicted molar refractivity (Wildman–Crippen MR) is 84.7 cm³/mol. The van der Waals surface area contributed by atoms with Crippen molar-refractivity contribution < 1.29 is 4.74 Å². The number of fused-ring (bicyclic) bond motifs is 1. The third kappa shape index (κ3) is 4.04. The van der Waals surface area contributed by atoms with E-state index in [9.17, 15) is 0 Å². The molecule has 2 aromatic carbocycles. The van der Waals surface area contributed by atoms with Gasteiger partial charge in [-0.1, -0.05) is 42.5 Å². The summed E-state index contributed by atoms with van der Waals surface area (Å²) in [6.45, 7) is 2.32. The summed E-state index contributed by atoms with van der Waals surface area (Å²) in [6, 6.07) is 15.3. The topological polar surface area (TPSA) is 47.3 Å². The van der Waals surface area contributed by atoms with Crippen LogP contribution >= 0.6 is 0 Å². The third-order valence-corrected chi connectivity index (χ3v) is 3.59. The Morgan fingerprint density at radius 2 is 1.95 bits per heavy atom. The molecule has 0 heterocycles. The molecule has 108 valence electrons. The Labute approximate surface area is 121 Å². The van der Waals surface area contributed by atoms with E-state index in [1.54, 1.807) is 7.11 Å². The molecule has 3 heteroatoms. The van der Waals surface area contributed by atoms with E-state index < -0.39 is 0 Å². The Hall–Kier alpha value is -1.42. The summed E-state index contributed by atoms with van der Waals surface area (Å²) in [5.41, 5.74) is 6.92. The Morgan fingerprint density at radius 1 is 1.15 bits per heavy atom. The smallest absolute Gasteiger partial charge is 0.0615 e. The van der Waals surface area contributed by atoms with Crippen molar-refractivity contribution in [1.29, 1.82) is 0 Å². The summed E-state index contributed by atoms with van der Waals surface area (Å²) in [6.07, 6.45) is 2.08. The van der Waals surface area contributed by atoms with E-state index in [1.807, 2.05) is 0 Å². The van der Waals surface area contributed by atoms with Gasteiger partial charge in [0.15, 0.2) is 0 Å². The largest absolute Gasteiger partial charge is 0.383 e. The van der Waals surface area contributed by atoms with E-state index in [0.717, 1.165) is 32.5 Å². The quantitative estimate of drug-likeness (QED) is 0.776. The molecule has 0 saturated heterocycles. The molecule has 3 N–H and O–H groups in total. The number of hydrogen-bond donors (Lipinski definition) is 2. The molecule has 0 aliphatic heterocycles. The van der Waals surface area contributed by atoms with E-state index in [4.69, 9.17) is 10.5 Å². The molecule has 0 aromatic heterocycles. The fraction of sp³-hybridized carbons (Fsp3) is 0.412. The molecule has 0 amide bonds. The lowest BCUT2D eigenvalue weighted by atomic mass is 10.0. The van der Waals surface area contributed by atoms with Crippen LogP contribution in [0.4, 0.5) is 0 Å². The predicted octanol–water partition coefficient (Wildman–Crippen LogP) is 2.68. The maximum atomic E-state index is 5.59. The molecule has 0 saturated carbocycles. The van der Waals surface area contributed by atoms with E-state index in [0.29, 0.717) is 6.04 Å². The van der Waals surface area contributed by atoms with Gasteiger partial charge in [-0.25, -0.2) is 0 Å². The number of rotatable bonds is 8. The van der Waals surface area contributed by atoms with Crippen molar-refractivity contribution in [1.82, 2.24) is 5.32 Å².